The summed E-state index contributed by atoms with van der Waals surface area (Å²) in [5, 5.41) is 11.2. The van der Waals surface area contributed by atoms with Gasteiger partial charge in [0.1, 0.15) is 22.3 Å². The van der Waals surface area contributed by atoms with Crippen molar-refractivity contribution in [3.63, 3.8) is 0 Å². The van der Waals surface area contributed by atoms with Crippen molar-refractivity contribution in [2.75, 3.05) is 0 Å². The Morgan fingerprint density at radius 2 is 1.86 bits per heavy atom. The molecule has 1 N–H and O–H groups in total. The van der Waals surface area contributed by atoms with Gasteiger partial charge in [0.2, 0.25) is 5.88 Å². The Balaban J connectivity index is 1.77. The fourth-order valence-corrected chi connectivity index (χ4v) is 3.48. The summed E-state index contributed by atoms with van der Waals surface area (Å²) < 4.78 is 7.04. The Morgan fingerprint density at radius 1 is 1.00 bits per heavy atom. The van der Waals surface area contributed by atoms with Gasteiger partial charge in [-0.15, -0.1) is 0 Å². The largest absolute Gasteiger partial charge is 0.493 e. The minimum atomic E-state index is 0.0391. The van der Waals surface area contributed by atoms with Crippen LogP contribution < -0.4 is 0 Å². The Bertz CT molecular complexity index is 1300. The van der Waals surface area contributed by atoms with E-state index in [4.69, 9.17) is 21.0 Å². The van der Waals surface area contributed by atoms with Crippen molar-refractivity contribution in [1.82, 2.24) is 19.4 Å². The average molecular weight is 403 g/mol. The summed E-state index contributed by atoms with van der Waals surface area (Å²) in [6.45, 7) is 0. The van der Waals surface area contributed by atoms with E-state index in [-0.39, 0.29) is 5.88 Å². The minimum Gasteiger partial charge on any atom is -0.493 e. The molecule has 142 valence electrons. The summed E-state index contributed by atoms with van der Waals surface area (Å²) in [6.07, 6.45) is 5.35. The molecule has 0 aliphatic heterocycles. The number of nitrogens with zero attached hydrogens (tertiary/aromatic N) is 4. The van der Waals surface area contributed by atoms with Gasteiger partial charge in [-0.2, -0.15) is 0 Å². The first-order chi connectivity index (χ1) is 14.2. The van der Waals surface area contributed by atoms with Crippen LogP contribution in [0.1, 0.15) is 11.5 Å². The van der Waals surface area contributed by atoms with Gasteiger partial charge in [0.15, 0.2) is 5.65 Å². The summed E-state index contributed by atoms with van der Waals surface area (Å²) in [6, 6.07) is 17.0. The van der Waals surface area contributed by atoms with Gasteiger partial charge in [-0.25, -0.2) is 15.0 Å². The Hall–Kier alpha value is -3.64. The highest BCUT2D eigenvalue weighted by Gasteiger charge is 2.20. The fraction of sp³-hybridized carbons (Fsp3) is 0.0455. The molecule has 0 saturated heterocycles. The predicted molar refractivity (Wildman–Crippen MR) is 110 cm³/mol. The van der Waals surface area contributed by atoms with Crippen LogP contribution in [-0.2, 0) is 6.42 Å². The van der Waals surface area contributed by atoms with Crippen LogP contribution in [0.15, 0.2) is 77.7 Å². The second-order valence-corrected chi connectivity index (χ2v) is 6.87. The predicted octanol–water partition coefficient (Wildman–Crippen LogP) is 5.00. The van der Waals surface area contributed by atoms with Gasteiger partial charge in [0.25, 0.3) is 0 Å². The smallest absolute Gasteiger partial charge is 0.219 e. The zero-order valence-electron chi connectivity index (χ0n) is 15.2. The monoisotopic (exact) mass is 402 g/mol. The minimum absolute atomic E-state index is 0.0391. The summed E-state index contributed by atoms with van der Waals surface area (Å²) in [5.74, 6) is 0.748. The fourth-order valence-electron chi connectivity index (χ4n) is 3.27. The SMILES string of the molecule is Oc1c(Cc2ccco2)nc2c(-c3cccnc3Cl)nc(-c3ccccc3)cn12. The zero-order chi connectivity index (χ0) is 19.8. The topological polar surface area (TPSA) is 76.5 Å². The number of aromatic nitrogens is 4. The molecule has 4 aromatic heterocycles. The third-order valence-electron chi connectivity index (χ3n) is 4.66. The van der Waals surface area contributed by atoms with Crippen molar-refractivity contribution in [2.24, 2.45) is 0 Å². The maximum absolute atomic E-state index is 10.9. The maximum Gasteiger partial charge on any atom is 0.219 e. The Labute approximate surface area is 171 Å². The summed E-state index contributed by atoms with van der Waals surface area (Å²) in [5.41, 5.74) is 3.78. The Kier molecular flexibility index (Phi) is 4.26. The standard InChI is InChI=1S/C22H15ClN4O2/c23-20-16(9-4-10-24-20)19-21-26-17(12-15-8-5-11-29-15)22(28)27(21)13-18(25-19)14-6-2-1-3-7-14/h1-11,13,28H,12H2. The number of imidazole rings is 1. The van der Waals surface area contributed by atoms with Crippen molar-refractivity contribution in [2.45, 2.75) is 6.42 Å². The molecule has 0 amide bonds. The molecule has 4 heterocycles. The van der Waals surface area contributed by atoms with Crippen molar-refractivity contribution in [1.29, 1.82) is 0 Å². The number of hydrogen-bond donors (Lipinski definition) is 1. The Morgan fingerprint density at radius 3 is 2.62 bits per heavy atom. The van der Waals surface area contributed by atoms with Crippen LogP contribution >= 0.6 is 11.6 Å². The van der Waals surface area contributed by atoms with Crippen LogP contribution in [0.4, 0.5) is 0 Å². The van der Waals surface area contributed by atoms with E-state index in [1.54, 1.807) is 35.2 Å². The molecule has 0 aliphatic carbocycles. The molecule has 6 nitrogen and oxygen atoms in total. The van der Waals surface area contributed by atoms with E-state index in [2.05, 4.69) is 9.97 Å². The normalized spacial score (nSPS) is 11.2. The van der Waals surface area contributed by atoms with E-state index < -0.39 is 0 Å². The third-order valence-corrected chi connectivity index (χ3v) is 4.96. The van der Waals surface area contributed by atoms with Crippen LogP contribution in [-0.4, -0.2) is 24.5 Å². The molecule has 0 radical (unpaired) electrons. The molecule has 5 aromatic rings. The quantitative estimate of drug-likeness (QED) is 0.428. The lowest BCUT2D eigenvalue weighted by atomic mass is 10.1. The second kappa shape index (κ2) is 7.07. The van der Waals surface area contributed by atoms with Crippen molar-refractivity contribution in [3.8, 4) is 28.4 Å². The molecule has 29 heavy (non-hydrogen) atoms. The van der Waals surface area contributed by atoms with E-state index in [0.717, 1.165) is 5.56 Å². The van der Waals surface area contributed by atoms with Gasteiger partial charge < -0.3 is 9.52 Å². The first kappa shape index (κ1) is 17.5. The molecular weight excluding hydrogens is 388 g/mol. The molecule has 0 spiro atoms. The molecule has 0 aliphatic rings. The molecule has 5 rings (SSSR count). The zero-order valence-corrected chi connectivity index (χ0v) is 15.9. The first-order valence-electron chi connectivity index (χ1n) is 9.00. The number of benzene rings is 1. The number of fused-ring (bicyclic) bond motifs is 1. The van der Waals surface area contributed by atoms with Gasteiger partial charge in [0.05, 0.1) is 18.4 Å². The first-order valence-corrected chi connectivity index (χ1v) is 9.38. The molecule has 0 saturated carbocycles. The molecule has 1 aromatic carbocycles. The van der Waals surface area contributed by atoms with Crippen LogP contribution in [0.25, 0.3) is 28.2 Å². The van der Waals surface area contributed by atoms with Crippen LogP contribution in [0, 0.1) is 0 Å². The third kappa shape index (κ3) is 3.13. The highest BCUT2D eigenvalue weighted by Crippen LogP contribution is 2.33. The van der Waals surface area contributed by atoms with Gasteiger partial charge >= 0.3 is 0 Å². The highest BCUT2D eigenvalue weighted by molar-refractivity contribution is 6.32. The molecule has 0 atom stereocenters. The lowest BCUT2D eigenvalue weighted by Gasteiger charge is -2.09. The molecular formula is C22H15ClN4O2. The lowest BCUT2D eigenvalue weighted by molar-refractivity contribution is 0.438. The second-order valence-electron chi connectivity index (χ2n) is 6.51. The molecule has 0 unspecified atom stereocenters. The van der Waals surface area contributed by atoms with Gasteiger partial charge in [0, 0.05) is 23.5 Å². The summed E-state index contributed by atoms with van der Waals surface area (Å²) in [4.78, 5) is 13.6. The number of aromatic hydroxyl groups is 1. The van der Waals surface area contributed by atoms with Crippen LogP contribution in [0.3, 0.4) is 0 Å². The molecule has 7 heteroatoms. The number of rotatable bonds is 4. The summed E-state index contributed by atoms with van der Waals surface area (Å²) >= 11 is 6.35. The molecule has 0 bridgehead atoms. The summed E-state index contributed by atoms with van der Waals surface area (Å²) in [7, 11) is 0. The van der Waals surface area contributed by atoms with E-state index in [9.17, 15) is 5.11 Å². The average Bonchev–Trinajstić information content (AvgIpc) is 3.37. The van der Waals surface area contributed by atoms with E-state index in [1.165, 1.54) is 0 Å². The van der Waals surface area contributed by atoms with E-state index in [0.29, 0.717) is 45.6 Å². The lowest BCUT2D eigenvalue weighted by Crippen LogP contribution is -1.97. The van der Waals surface area contributed by atoms with Gasteiger partial charge in [-0.05, 0) is 24.3 Å². The number of halogens is 1. The number of hydrogen-bond acceptors (Lipinski definition) is 5. The molecule has 0 fully saturated rings. The van der Waals surface area contributed by atoms with Crippen molar-refractivity contribution >= 4 is 17.2 Å². The van der Waals surface area contributed by atoms with Gasteiger partial charge in [-0.1, -0.05) is 41.9 Å². The van der Waals surface area contributed by atoms with Crippen LogP contribution in [0.2, 0.25) is 5.15 Å². The number of furan rings is 1. The number of pyridine rings is 1. The van der Waals surface area contributed by atoms with E-state index >= 15 is 0 Å². The maximum atomic E-state index is 10.9. The highest BCUT2D eigenvalue weighted by atomic mass is 35.5. The van der Waals surface area contributed by atoms with Crippen molar-refractivity contribution < 1.29 is 9.52 Å². The van der Waals surface area contributed by atoms with Gasteiger partial charge in [-0.3, -0.25) is 4.40 Å². The van der Waals surface area contributed by atoms with E-state index in [1.807, 2.05) is 42.5 Å². The van der Waals surface area contributed by atoms with Crippen molar-refractivity contribution in [3.05, 3.63) is 89.9 Å². The van der Waals surface area contributed by atoms with Crippen LogP contribution in [0.5, 0.6) is 5.88 Å².